The number of methoxy groups -OCH3 is 1. The van der Waals surface area contributed by atoms with Gasteiger partial charge in [0.15, 0.2) is 11.3 Å². The topological polar surface area (TPSA) is 92.9 Å². The van der Waals surface area contributed by atoms with Crippen LogP contribution in [0.4, 0.5) is 0 Å². The number of ketones is 1. The van der Waals surface area contributed by atoms with Crippen molar-refractivity contribution in [3.63, 3.8) is 0 Å². The summed E-state index contributed by atoms with van der Waals surface area (Å²) in [6.45, 7) is 4.18. The van der Waals surface area contributed by atoms with Crippen LogP contribution in [0.5, 0.6) is 5.75 Å². The molecule has 2 heterocycles. The van der Waals surface area contributed by atoms with Gasteiger partial charge in [-0.05, 0) is 62.2 Å². The lowest BCUT2D eigenvalue weighted by molar-refractivity contribution is 0.0985. The maximum absolute atomic E-state index is 13.0. The average Bonchev–Trinajstić information content (AvgIpc) is 2.79. The van der Waals surface area contributed by atoms with E-state index in [2.05, 4.69) is 24.2 Å². The summed E-state index contributed by atoms with van der Waals surface area (Å²) < 4.78 is 6.13. The number of hydrogen-bond donors (Lipinski definition) is 2. The Morgan fingerprint density at radius 3 is 2.52 bits per heavy atom. The number of carbonyl (C=O) groups is 2. The number of carbonyl (C=O) groups excluding carboxylic acids is 2. The molecule has 0 atom stereocenters. The molecule has 1 aliphatic rings. The van der Waals surface area contributed by atoms with Gasteiger partial charge in [0.05, 0.1) is 7.11 Å². The first-order valence-electron chi connectivity index (χ1n) is 10.5. The second-order valence-electron chi connectivity index (χ2n) is 8.53. The second-order valence-corrected chi connectivity index (χ2v) is 8.53. The smallest absolute Gasteiger partial charge is 0.279 e. The van der Waals surface area contributed by atoms with Crippen molar-refractivity contribution in [3.05, 3.63) is 101 Å². The first-order chi connectivity index (χ1) is 15.8. The van der Waals surface area contributed by atoms with Gasteiger partial charge in [-0.15, -0.1) is 0 Å². The Balaban J connectivity index is 1.61. The molecule has 1 aliphatic heterocycles. The van der Waals surface area contributed by atoms with E-state index in [-0.39, 0.29) is 16.8 Å². The number of ether oxygens (including phenoxy) is 1. The Kier molecular flexibility index (Phi) is 5.87. The third-order valence-corrected chi connectivity index (χ3v) is 5.44. The van der Waals surface area contributed by atoms with E-state index >= 15 is 0 Å². The van der Waals surface area contributed by atoms with Crippen molar-refractivity contribution in [3.8, 4) is 5.75 Å². The van der Waals surface area contributed by atoms with Crippen LogP contribution in [0.15, 0.2) is 77.9 Å². The third kappa shape index (κ3) is 4.87. The lowest BCUT2D eigenvalue weighted by Gasteiger charge is -2.35. The number of benzene rings is 2. The molecular formula is C26H25N3O4. The van der Waals surface area contributed by atoms with Crippen LogP contribution in [0.1, 0.15) is 45.7 Å². The van der Waals surface area contributed by atoms with Crippen molar-refractivity contribution in [1.29, 1.82) is 0 Å². The Labute approximate surface area is 191 Å². The molecule has 0 saturated carbocycles. The fraction of sp³-hybridized carbons (Fsp3) is 0.192. The van der Waals surface area contributed by atoms with Gasteiger partial charge in [-0.2, -0.15) is 9.72 Å². The van der Waals surface area contributed by atoms with Crippen molar-refractivity contribution in [2.24, 2.45) is 4.99 Å². The molecule has 1 aromatic heterocycles. The van der Waals surface area contributed by atoms with Crippen molar-refractivity contribution < 1.29 is 19.5 Å². The average molecular weight is 444 g/mol. The summed E-state index contributed by atoms with van der Waals surface area (Å²) in [5, 5.41) is 13.2. The van der Waals surface area contributed by atoms with Crippen LogP contribution in [-0.2, 0) is 6.42 Å². The summed E-state index contributed by atoms with van der Waals surface area (Å²) in [4.78, 5) is 29.3. The standard InChI is InChI=1S/C26H25N3O4/c1-26(2)16-19-11-12-20(33-3)14-21(19)22(28-26)15-23(30)17-7-9-18(10-8-17)25(31)27-24-6-4-5-13-29(24)32/h4-15,28,32H,16H2,1-3H3/b22-15-,27-24?. The highest BCUT2D eigenvalue weighted by Gasteiger charge is 2.28. The quantitative estimate of drug-likeness (QED) is 0.365. The predicted molar refractivity (Wildman–Crippen MR) is 124 cm³/mol. The molecular weight excluding hydrogens is 418 g/mol. The van der Waals surface area contributed by atoms with Gasteiger partial charge < -0.3 is 15.3 Å². The van der Waals surface area contributed by atoms with Gasteiger partial charge >= 0.3 is 0 Å². The Morgan fingerprint density at radius 1 is 1.09 bits per heavy atom. The molecule has 0 saturated heterocycles. The van der Waals surface area contributed by atoms with Crippen LogP contribution in [0.2, 0.25) is 0 Å². The highest BCUT2D eigenvalue weighted by molar-refractivity contribution is 6.09. The summed E-state index contributed by atoms with van der Waals surface area (Å²) in [5.74, 6) is 0.0251. The molecule has 3 aromatic rings. The number of amides is 1. The highest BCUT2D eigenvalue weighted by atomic mass is 16.5. The van der Waals surface area contributed by atoms with Crippen molar-refractivity contribution in [1.82, 2.24) is 10.0 Å². The molecule has 0 fully saturated rings. The molecule has 1 amide bonds. The summed E-state index contributed by atoms with van der Waals surface area (Å²) in [6, 6.07) is 17.0. The number of fused-ring (bicyclic) bond motifs is 1. The lowest BCUT2D eigenvalue weighted by atomic mass is 9.85. The summed E-state index contributed by atoms with van der Waals surface area (Å²) >= 11 is 0. The molecule has 33 heavy (non-hydrogen) atoms. The molecule has 0 radical (unpaired) electrons. The molecule has 168 valence electrons. The van der Waals surface area contributed by atoms with Crippen LogP contribution < -0.4 is 15.5 Å². The molecule has 0 spiro atoms. The third-order valence-electron chi connectivity index (χ3n) is 5.44. The van der Waals surface area contributed by atoms with Crippen molar-refractivity contribution in [2.75, 3.05) is 7.11 Å². The number of rotatable bonds is 4. The number of hydrogen-bond acceptors (Lipinski definition) is 5. The van der Waals surface area contributed by atoms with E-state index in [0.29, 0.717) is 11.1 Å². The first kappa shape index (κ1) is 22.1. The maximum atomic E-state index is 13.0. The molecule has 0 unspecified atom stereocenters. The molecule has 0 aliphatic carbocycles. The summed E-state index contributed by atoms with van der Waals surface area (Å²) in [6.07, 6.45) is 3.79. The predicted octanol–water partition coefficient (Wildman–Crippen LogP) is 3.62. The van der Waals surface area contributed by atoms with Crippen LogP contribution in [0.3, 0.4) is 0 Å². The maximum Gasteiger partial charge on any atom is 0.279 e. The molecule has 7 heteroatoms. The second kappa shape index (κ2) is 8.78. The number of nitrogens with zero attached hydrogens (tertiary/aromatic N) is 2. The molecule has 4 rings (SSSR count). The van der Waals surface area contributed by atoms with Gasteiger partial charge in [-0.25, -0.2) is 0 Å². The van der Waals surface area contributed by atoms with E-state index in [9.17, 15) is 14.8 Å². The van der Waals surface area contributed by atoms with Gasteiger partial charge in [0.2, 0.25) is 0 Å². The van der Waals surface area contributed by atoms with Crippen LogP contribution in [-0.4, -0.2) is 34.3 Å². The summed E-state index contributed by atoms with van der Waals surface area (Å²) in [5.41, 5.74) is 3.49. The van der Waals surface area contributed by atoms with Crippen LogP contribution >= 0.6 is 0 Å². The van der Waals surface area contributed by atoms with Crippen molar-refractivity contribution >= 4 is 17.4 Å². The lowest BCUT2D eigenvalue weighted by Crippen LogP contribution is -2.43. The largest absolute Gasteiger partial charge is 0.497 e. The normalized spacial score (nSPS) is 16.1. The number of aromatic nitrogens is 1. The minimum Gasteiger partial charge on any atom is -0.497 e. The van der Waals surface area contributed by atoms with E-state index in [1.165, 1.54) is 12.3 Å². The number of nitrogens with one attached hydrogen (secondary N) is 1. The number of allylic oxidation sites excluding steroid dienone is 1. The molecule has 7 nitrogen and oxygen atoms in total. The zero-order chi connectivity index (χ0) is 23.6. The summed E-state index contributed by atoms with van der Waals surface area (Å²) in [7, 11) is 1.61. The van der Waals surface area contributed by atoms with E-state index in [0.717, 1.165) is 33.7 Å². The molecule has 0 bridgehead atoms. The van der Waals surface area contributed by atoms with Gasteiger partial charge in [-0.1, -0.05) is 24.3 Å². The fourth-order valence-corrected chi connectivity index (χ4v) is 3.83. The minimum atomic E-state index is -0.516. The van der Waals surface area contributed by atoms with Gasteiger partial charge in [0.1, 0.15) is 5.75 Å². The molecule has 2 N–H and O–H groups in total. The molecule has 2 aromatic carbocycles. The zero-order valence-corrected chi connectivity index (χ0v) is 18.7. The minimum absolute atomic E-state index is 0.118. The van der Waals surface area contributed by atoms with E-state index in [4.69, 9.17) is 4.74 Å². The Morgan fingerprint density at radius 2 is 1.82 bits per heavy atom. The van der Waals surface area contributed by atoms with Crippen LogP contribution in [0.25, 0.3) is 5.70 Å². The van der Waals surface area contributed by atoms with Gasteiger partial charge in [0.25, 0.3) is 5.91 Å². The van der Waals surface area contributed by atoms with Crippen LogP contribution in [0, 0.1) is 0 Å². The zero-order valence-electron chi connectivity index (χ0n) is 18.7. The Hall–Kier alpha value is -4.13. The first-order valence-corrected chi connectivity index (χ1v) is 10.5. The van der Waals surface area contributed by atoms with Gasteiger partial charge in [-0.3, -0.25) is 9.59 Å². The Bertz CT molecular complexity index is 1320. The number of pyridine rings is 1. The van der Waals surface area contributed by atoms with E-state index in [1.807, 2.05) is 18.2 Å². The monoisotopic (exact) mass is 443 g/mol. The van der Waals surface area contributed by atoms with E-state index < -0.39 is 5.91 Å². The van der Waals surface area contributed by atoms with E-state index in [1.54, 1.807) is 49.6 Å². The fourth-order valence-electron chi connectivity index (χ4n) is 3.83. The highest BCUT2D eigenvalue weighted by Crippen LogP contribution is 2.32. The SMILES string of the molecule is COc1ccc2c(c1)/C(=C/C(=O)c1ccc(C(=O)N=c3ccccn3O)cc1)NC(C)(C)C2. The van der Waals surface area contributed by atoms with Gasteiger partial charge in [0, 0.05) is 40.2 Å². The van der Waals surface area contributed by atoms with Crippen molar-refractivity contribution in [2.45, 2.75) is 25.8 Å².